The van der Waals surface area contributed by atoms with Crippen LogP contribution in [0.15, 0.2) is 47.1 Å². The third kappa shape index (κ3) is 3.16. The highest BCUT2D eigenvalue weighted by Crippen LogP contribution is 2.39. The zero-order valence-corrected chi connectivity index (χ0v) is 11.7. The molecule has 1 aliphatic carbocycles. The summed E-state index contributed by atoms with van der Waals surface area (Å²) in [6, 6.07) is 9.45. The number of amides is 2. The van der Waals surface area contributed by atoms with E-state index in [1.807, 2.05) is 0 Å². The number of benzene rings is 1. The summed E-state index contributed by atoms with van der Waals surface area (Å²) >= 11 is 0. The van der Waals surface area contributed by atoms with Gasteiger partial charge in [0.15, 0.2) is 0 Å². The molecule has 2 aromatic rings. The lowest BCUT2D eigenvalue weighted by molar-refractivity contribution is -0.125. The summed E-state index contributed by atoms with van der Waals surface area (Å²) in [6.45, 7) is 0.296. The monoisotopic (exact) mass is 302 g/mol. The summed E-state index contributed by atoms with van der Waals surface area (Å²) in [5.74, 6) is -1.12. The van der Waals surface area contributed by atoms with Gasteiger partial charge in [0.25, 0.3) is 0 Å². The van der Waals surface area contributed by atoms with Crippen molar-refractivity contribution in [1.29, 1.82) is 0 Å². The maximum atomic E-state index is 13.5. The minimum absolute atomic E-state index is 0.133. The van der Waals surface area contributed by atoms with Crippen LogP contribution in [0.5, 0.6) is 0 Å². The molecule has 1 aliphatic rings. The predicted octanol–water partition coefficient (Wildman–Crippen LogP) is 2.31. The second kappa shape index (κ2) is 6.01. The summed E-state index contributed by atoms with van der Waals surface area (Å²) in [4.78, 5) is 23.9. The van der Waals surface area contributed by atoms with Crippen molar-refractivity contribution in [2.24, 2.45) is 11.8 Å². The second-order valence-corrected chi connectivity index (χ2v) is 5.21. The van der Waals surface area contributed by atoms with Crippen LogP contribution >= 0.6 is 0 Å². The van der Waals surface area contributed by atoms with E-state index < -0.39 is 11.7 Å². The molecule has 2 atom stereocenters. The number of furan rings is 1. The summed E-state index contributed by atoms with van der Waals surface area (Å²) in [5.41, 5.74) is 0.133. The maximum absolute atomic E-state index is 13.5. The van der Waals surface area contributed by atoms with Crippen LogP contribution in [0.2, 0.25) is 0 Å². The van der Waals surface area contributed by atoms with Gasteiger partial charge in [0, 0.05) is 0 Å². The number of hydrogen-bond donors (Lipinski definition) is 2. The molecule has 2 amide bonds. The van der Waals surface area contributed by atoms with Crippen molar-refractivity contribution in [2.45, 2.75) is 13.0 Å². The van der Waals surface area contributed by atoms with Gasteiger partial charge in [-0.2, -0.15) is 0 Å². The summed E-state index contributed by atoms with van der Waals surface area (Å²) in [6.07, 6.45) is 2.01. The Kier molecular flexibility index (Phi) is 3.91. The molecule has 5 nitrogen and oxygen atoms in total. The number of anilines is 1. The number of rotatable bonds is 5. The standard InChI is InChI=1S/C16H15FN2O3/c17-13-5-1-2-6-14(13)19-16(21)12-8-11(12)15(20)18-9-10-4-3-7-22-10/h1-7,11-12H,8-9H2,(H,18,20)(H,19,21). The molecule has 0 radical (unpaired) electrons. The van der Waals surface area contributed by atoms with Crippen LogP contribution in [0.1, 0.15) is 12.2 Å². The van der Waals surface area contributed by atoms with Gasteiger partial charge in [0.1, 0.15) is 11.6 Å². The molecule has 1 fully saturated rings. The Labute approximate surface area is 126 Å². The van der Waals surface area contributed by atoms with Crippen molar-refractivity contribution in [3.8, 4) is 0 Å². The Bertz CT molecular complexity index is 684. The molecule has 2 unspecified atom stereocenters. The van der Waals surface area contributed by atoms with Crippen LogP contribution in [0.3, 0.4) is 0 Å². The van der Waals surface area contributed by atoms with Crippen molar-refractivity contribution in [2.75, 3.05) is 5.32 Å². The smallest absolute Gasteiger partial charge is 0.228 e. The van der Waals surface area contributed by atoms with Gasteiger partial charge in [0.05, 0.1) is 30.3 Å². The van der Waals surface area contributed by atoms with Gasteiger partial charge in [-0.1, -0.05) is 12.1 Å². The van der Waals surface area contributed by atoms with E-state index in [4.69, 9.17) is 4.42 Å². The summed E-state index contributed by atoms with van der Waals surface area (Å²) in [7, 11) is 0. The van der Waals surface area contributed by atoms with Crippen LogP contribution < -0.4 is 10.6 Å². The van der Waals surface area contributed by atoms with E-state index in [0.717, 1.165) is 0 Å². The highest BCUT2D eigenvalue weighted by atomic mass is 19.1. The van der Waals surface area contributed by atoms with E-state index in [2.05, 4.69) is 10.6 Å². The summed E-state index contributed by atoms with van der Waals surface area (Å²) in [5, 5.41) is 5.23. The van der Waals surface area contributed by atoms with Crippen LogP contribution in [0.25, 0.3) is 0 Å². The van der Waals surface area contributed by atoms with Gasteiger partial charge in [-0.3, -0.25) is 9.59 Å². The molecule has 2 N–H and O–H groups in total. The van der Waals surface area contributed by atoms with Crippen molar-refractivity contribution in [3.63, 3.8) is 0 Å². The number of hydrogen-bond acceptors (Lipinski definition) is 3. The first-order chi connectivity index (χ1) is 10.6. The van der Waals surface area contributed by atoms with Crippen LogP contribution in [-0.4, -0.2) is 11.8 Å². The van der Waals surface area contributed by atoms with Crippen LogP contribution in [-0.2, 0) is 16.1 Å². The number of carbonyl (C=O) groups is 2. The van der Waals surface area contributed by atoms with Gasteiger partial charge < -0.3 is 15.1 Å². The van der Waals surface area contributed by atoms with Crippen molar-refractivity contribution in [1.82, 2.24) is 5.32 Å². The first-order valence-electron chi connectivity index (χ1n) is 7.00. The average Bonchev–Trinajstić information content (AvgIpc) is 3.15. The minimum Gasteiger partial charge on any atom is -0.467 e. The minimum atomic E-state index is -0.490. The van der Waals surface area contributed by atoms with Crippen molar-refractivity contribution >= 4 is 17.5 Å². The second-order valence-electron chi connectivity index (χ2n) is 5.21. The Balaban J connectivity index is 1.50. The van der Waals surface area contributed by atoms with Crippen LogP contribution in [0.4, 0.5) is 10.1 Å². The molecule has 1 heterocycles. The van der Waals surface area contributed by atoms with Gasteiger partial charge in [-0.15, -0.1) is 0 Å². The van der Waals surface area contributed by atoms with E-state index in [1.165, 1.54) is 18.4 Å². The fraction of sp³-hybridized carbons (Fsp3) is 0.250. The normalized spacial score (nSPS) is 19.5. The molecule has 1 aromatic heterocycles. The molecule has 22 heavy (non-hydrogen) atoms. The molecule has 6 heteroatoms. The Morgan fingerprint density at radius 2 is 1.91 bits per heavy atom. The third-order valence-corrected chi connectivity index (χ3v) is 3.61. The average molecular weight is 302 g/mol. The highest BCUT2D eigenvalue weighted by molar-refractivity contribution is 5.99. The first kappa shape index (κ1) is 14.3. The topological polar surface area (TPSA) is 71.3 Å². The fourth-order valence-electron chi connectivity index (χ4n) is 2.28. The lowest BCUT2D eigenvalue weighted by Crippen LogP contribution is -2.27. The van der Waals surface area contributed by atoms with Gasteiger partial charge in [0.2, 0.25) is 11.8 Å². The maximum Gasteiger partial charge on any atom is 0.228 e. The number of para-hydroxylation sites is 1. The molecule has 0 aliphatic heterocycles. The van der Waals surface area contributed by atoms with E-state index in [-0.39, 0.29) is 23.4 Å². The Hall–Kier alpha value is -2.63. The SMILES string of the molecule is O=C(NCc1ccco1)C1CC1C(=O)Nc1ccccc1F. The number of carbonyl (C=O) groups excluding carboxylic acids is 2. The molecule has 1 saturated carbocycles. The van der Waals surface area contributed by atoms with Crippen molar-refractivity contribution < 1.29 is 18.4 Å². The van der Waals surface area contributed by atoms with Gasteiger partial charge in [-0.25, -0.2) is 4.39 Å². The number of nitrogens with one attached hydrogen (secondary N) is 2. The van der Waals surface area contributed by atoms with Gasteiger partial charge >= 0.3 is 0 Å². The third-order valence-electron chi connectivity index (χ3n) is 3.61. The van der Waals surface area contributed by atoms with Crippen molar-refractivity contribution in [3.05, 3.63) is 54.2 Å². The fourth-order valence-corrected chi connectivity index (χ4v) is 2.28. The quantitative estimate of drug-likeness (QED) is 0.890. The zero-order chi connectivity index (χ0) is 15.5. The van der Waals surface area contributed by atoms with Crippen LogP contribution in [0, 0.1) is 17.7 Å². The molecule has 114 valence electrons. The molecule has 0 saturated heterocycles. The van der Waals surface area contributed by atoms with E-state index >= 15 is 0 Å². The van der Waals surface area contributed by atoms with E-state index in [9.17, 15) is 14.0 Å². The largest absolute Gasteiger partial charge is 0.467 e. The number of halogens is 1. The molecule has 3 rings (SSSR count). The molecular formula is C16H15FN2O3. The highest BCUT2D eigenvalue weighted by Gasteiger charge is 2.48. The van der Waals surface area contributed by atoms with E-state index in [0.29, 0.717) is 18.7 Å². The molecule has 0 spiro atoms. The molecule has 1 aromatic carbocycles. The summed E-state index contributed by atoms with van der Waals surface area (Å²) < 4.78 is 18.6. The lowest BCUT2D eigenvalue weighted by Gasteiger charge is -2.06. The Morgan fingerprint density at radius 3 is 2.64 bits per heavy atom. The lowest BCUT2D eigenvalue weighted by atomic mass is 10.2. The van der Waals surface area contributed by atoms with E-state index in [1.54, 1.807) is 24.3 Å². The van der Waals surface area contributed by atoms with Gasteiger partial charge in [-0.05, 0) is 30.7 Å². The zero-order valence-electron chi connectivity index (χ0n) is 11.7. The first-order valence-corrected chi connectivity index (χ1v) is 7.00. The molecular weight excluding hydrogens is 287 g/mol. The Morgan fingerprint density at radius 1 is 1.14 bits per heavy atom. The predicted molar refractivity (Wildman–Crippen MR) is 77.2 cm³/mol. The molecule has 0 bridgehead atoms.